The van der Waals surface area contributed by atoms with Crippen LogP contribution in [0.3, 0.4) is 0 Å². The number of anilines is 2. The molecule has 0 spiro atoms. The average Bonchev–Trinajstić information content (AvgIpc) is 3.19. The second-order valence-corrected chi connectivity index (χ2v) is 7.06. The number of halogens is 1. The first-order valence-corrected chi connectivity index (χ1v) is 9.96. The lowest BCUT2D eigenvalue weighted by atomic mass is 10.2. The molecule has 1 aromatic heterocycles. The molecule has 0 atom stereocenters. The summed E-state index contributed by atoms with van der Waals surface area (Å²) in [7, 11) is 0. The first-order chi connectivity index (χ1) is 13.6. The number of ether oxygens (including phenoxy) is 1. The molecule has 0 saturated carbocycles. The predicted octanol–water partition coefficient (Wildman–Crippen LogP) is 4.78. The van der Waals surface area contributed by atoms with Gasteiger partial charge in [-0.1, -0.05) is 15.9 Å². The maximum absolute atomic E-state index is 12.4. The summed E-state index contributed by atoms with van der Waals surface area (Å²) in [5.41, 5.74) is 2.21. The summed E-state index contributed by atoms with van der Waals surface area (Å²) in [6.45, 7) is 6.36. The van der Waals surface area contributed by atoms with Gasteiger partial charge in [-0.3, -0.25) is 4.79 Å². The van der Waals surface area contributed by atoms with Crippen molar-refractivity contribution in [2.75, 3.05) is 23.3 Å². The van der Waals surface area contributed by atoms with Gasteiger partial charge in [0.2, 0.25) is 0 Å². The fourth-order valence-corrected chi connectivity index (χ4v) is 3.03. The molecule has 0 aliphatic rings. The fraction of sp³-hybridized carbons (Fsp3) is 0.238. The van der Waals surface area contributed by atoms with E-state index in [2.05, 4.69) is 45.1 Å². The molecule has 1 heterocycles. The van der Waals surface area contributed by atoms with Crippen molar-refractivity contribution in [2.45, 2.75) is 20.6 Å². The molecule has 0 saturated heterocycles. The van der Waals surface area contributed by atoms with Crippen molar-refractivity contribution in [2.24, 2.45) is 0 Å². The average molecular weight is 443 g/mol. The number of hydrogen-bond donors (Lipinski definition) is 1. The Balaban J connectivity index is 1.57. The molecule has 3 aromatic rings. The molecule has 1 N–H and O–H groups in total. The number of rotatable bonds is 8. The van der Waals surface area contributed by atoms with Crippen molar-refractivity contribution in [3.63, 3.8) is 0 Å². The van der Waals surface area contributed by atoms with Crippen molar-refractivity contribution in [1.29, 1.82) is 0 Å². The van der Waals surface area contributed by atoms with E-state index in [0.29, 0.717) is 5.69 Å². The van der Waals surface area contributed by atoms with Gasteiger partial charge in [-0.2, -0.15) is 5.10 Å². The highest BCUT2D eigenvalue weighted by Crippen LogP contribution is 2.18. The van der Waals surface area contributed by atoms with Gasteiger partial charge < -0.3 is 15.0 Å². The summed E-state index contributed by atoms with van der Waals surface area (Å²) in [5, 5.41) is 7.15. The van der Waals surface area contributed by atoms with E-state index in [1.54, 1.807) is 16.9 Å². The second kappa shape index (κ2) is 9.41. The summed E-state index contributed by atoms with van der Waals surface area (Å²) in [5.74, 6) is 0.482. The number of nitrogens with zero attached hydrogens (tertiary/aromatic N) is 3. The minimum absolute atomic E-state index is 0.230. The van der Waals surface area contributed by atoms with Crippen molar-refractivity contribution < 1.29 is 9.53 Å². The molecule has 2 aromatic carbocycles. The molecule has 1 amide bonds. The highest BCUT2D eigenvalue weighted by atomic mass is 79.9. The van der Waals surface area contributed by atoms with Gasteiger partial charge in [0, 0.05) is 35.1 Å². The minimum Gasteiger partial charge on any atom is -0.471 e. The molecule has 0 radical (unpaired) electrons. The van der Waals surface area contributed by atoms with Crippen LogP contribution in [-0.4, -0.2) is 28.8 Å². The van der Waals surface area contributed by atoms with E-state index in [-0.39, 0.29) is 12.6 Å². The number of amides is 1. The van der Waals surface area contributed by atoms with E-state index < -0.39 is 0 Å². The van der Waals surface area contributed by atoms with Crippen LogP contribution in [0.5, 0.6) is 5.75 Å². The van der Waals surface area contributed by atoms with Crippen molar-refractivity contribution >= 4 is 33.2 Å². The molecular formula is C21H23BrN4O2. The molecule has 0 fully saturated rings. The van der Waals surface area contributed by atoms with Crippen LogP contribution in [0.4, 0.5) is 11.4 Å². The number of nitrogens with one attached hydrogen (secondary N) is 1. The molecule has 0 aliphatic carbocycles. The van der Waals surface area contributed by atoms with E-state index in [9.17, 15) is 4.79 Å². The third-order valence-electron chi connectivity index (χ3n) is 4.30. The Labute approximate surface area is 173 Å². The van der Waals surface area contributed by atoms with Gasteiger partial charge in [0.25, 0.3) is 5.91 Å². The zero-order chi connectivity index (χ0) is 19.9. The summed E-state index contributed by atoms with van der Waals surface area (Å²) in [6, 6.07) is 17.0. The van der Waals surface area contributed by atoms with Crippen molar-refractivity contribution in [3.05, 3.63) is 71.0 Å². The Hall–Kier alpha value is -2.80. The number of aromatic nitrogens is 2. The Morgan fingerprint density at radius 1 is 1.07 bits per heavy atom. The molecule has 6 nitrogen and oxygen atoms in total. The van der Waals surface area contributed by atoms with Crippen LogP contribution in [0.25, 0.3) is 0 Å². The summed E-state index contributed by atoms with van der Waals surface area (Å²) in [4.78, 5) is 14.7. The van der Waals surface area contributed by atoms with Gasteiger partial charge in [0.1, 0.15) is 5.75 Å². The number of carbonyl (C=O) groups is 1. The molecule has 146 valence electrons. The number of hydrogen-bond acceptors (Lipinski definition) is 4. The van der Waals surface area contributed by atoms with Gasteiger partial charge in [-0.25, -0.2) is 4.68 Å². The Bertz CT molecular complexity index is 903. The zero-order valence-electron chi connectivity index (χ0n) is 15.9. The molecule has 28 heavy (non-hydrogen) atoms. The fourth-order valence-electron chi connectivity index (χ4n) is 2.77. The van der Waals surface area contributed by atoms with E-state index in [0.717, 1.165) is 34.7 Å². The van der Waals surface area contributed by atoms with Crippen molar-refractivity contribution in [3.8, 4) is 5.75 Å². The lowest BCUT2D eigenvalue weighted by molar-refractivity contribution is 0.102. The third-order valence-corrected chi connectivity index (χ3v) is 4.83. The first-order valence-electron chi connectivity index (χ1n) is 9.17. The monoisotopic (exact) mass is 442 g/mol. The lowest BCUT2D eigenvalue weighted by Crippen LogP contribution is -2.21. The van der Waals surface area contributed by atoms with Gasteiger partial charge >= 0.3 is 0 Å². The van der Waals surface area contributed by atoms with E-state index in [1.807, 2.05) is 48.5 Å². The maximum atomic E-state index is 12.4. The Morgan fingerprint density at radius 3 is 2.39 bits per heavy atom. The summed E-state index contributed by atoms with van der Waals surface area (Å²) < 4.78 is 8.23. The standard InChI is InChI=1S/C21H23BrN4O2/c1-3-25(4-2)18-9-7-17(8-10-18)23-21(27)20-13-14-26(24-20)15-28-19-11-5-16(22)6-12-19/h5-14H,3-4,15H2,1-2H3,(H,23,27). The van der Waals surface area contributed by atoms with Crippen LogP contribution in [0, 0.1) is 0 Å². The Kier molecular flexibility index (Phi) is 6.71. The van der Waals surface area contributed by atoms with Crippen LogP contribution in [0.1, 0.15) is 24.3 Å². The van der Waals surface area contributed by atoms with Crippen LogP contribution < -0.4 is 15.0 Å². The third kappa shape index (κ3) is 5.13. The topological polar surface area (TPSA) is 59.4 Å². The van der Waals surface area contributed by atoms with Gasteiger partial charge in [0.05, 0.1) is 0 Å². The van der Waals surface area contributed by atoms with Gasteiger partial charge in [0.15, 0.2) is 12.4 Å². The molecule has 7 heteroatoms. The van der Waals surface area contributed by atoms with Crippen molar-refractivity contribution in [1.82, 2.24) is 9.78 Å². The number of carbonyl (C=O) groups excluding carboxylic acids is 1. The molecular weight excluding hydrogens is 420 g/mol. The SMILES string of the molecule is CCN(CC)c1ccc(NC(=O)c2ccn(COc3ccc(Br)cc3)n2)cc1. The summed E-state index contributed by atoms with van der Waals surface area (Å²) >= 11 is 3.39. The van der Waals surface area contributed by atoms with E-state index in [1.165, 1.54) is 0 Å². The van der Waals surface area contributed by atoms with Gasteiger partial charge in [-0.15, -0.1) is 0 Å². The van der Waals surface area contributed by atoms with Crippen LogP contribution in [0.15, 0.2) is 65.3 Å². The first kappa shape index (κ1) is 19.9. The Morgan fingerprint density at radius 2 is 1.75 bits per heavy atom. The molecule has 0 unspecified atom stereocenters. The lowest BCUT2D eigenvalue weighted by Gasteiger charge is -2.21. The quantitative estimate of drug-likeness (QED) is 0.545. The molecule has 0 aliphatic heterocycles. The largest absolute Gasteiger partial charge is 0.471 e. The number of benzene rings is 2. The van der Waals surface area contributed by atoms with E-state index >= 15 is 0 Å². The normalized spacial score (nSPS) is 10.5. The highest BCUT2D eigenvalue weighted by Gasteiger charge is 2.10. The minimum atomic E-state index is -0.252. The maximum Gasteiger partial charge on any atom is 0.276 e. The van der Waals surface area contributed by atoms with Gasteiger partial charge in [-0.05, 0) is 68.4 Å². The van der Waals surface area contributed by atoms with E-state index in [4.69, 9.17) is 4.74 Å². The molecule has 0 bridgehead atoms. The van der Waals surface area contributed by atoms with Crippen LogP contribution >= 0.6 is 15.9 Å². The highest BCUT2D eigenvalue weighted by molar-refractivity contribution is 9.10. The van der Waals surface area contributed by atoms with Crippen LogP contribution in [0.2, 0.25) is 0 Å². The summed E-state index contributed by atoms with van der Waals surface area (Å²) in [6.07, 6.45) is 1.72. The van der Waals surface area contributed by atoms with Crippen LogP contribution in [-0.2, 0) is 6.73 Å². The smallest absolute Gasteiger partial charge is 0.276 e. The zero-order valence-corrected chi connectivity index (χ0v) is 17.5. The second-order valence-electron chi connectivity index (χ2n) is 6.14. The molecule has 3 rings (SSSR count). The predicted molar refractivity (Wildman–Crippen MR) is 115 cm³/mol.